The SMILES string of the molecule is C#CC(C#CC#CC)(C=C(C)C)C(C=C)(C=CC)C=CCC. The lowest BCUT2D eigenvalue weighted by atomic mass is 9.62. The molecule has 0 bridgehead atoms. The fraction of sp³-hybridized carbons (Fsp3) is 0.364. The first-order valence-corrected chi connectivity index (χ1v) is 7.50. The van der Waals surface area contributed by atoms with Gasteiger partial charge in [0.25, 0.3) is 0 Å². The third-order valence-corrected chi connectivity index (χ3v) is 3.27. The summed E-state index contributed by atoms with van der Waals surface area (Å²) in [5, 5.41) is 0. The molecular formula is C22H26. The number of hydrogen-bond acceptors (Lipinski definition) is 0. The molecule has 0 amide bonds. The van der Waals surface area contributed by atoms with Gasteiger partial charge in [-0.05, 0) is 46.0 Å². The molecule has 0 nitrogen and oxygen atoms in total. The summed E-state index contributed by atoms with van der Waals surface area (Å²) in [6.45, 7) is 13.9. The lowest BCUT2D eigenvalue weighted by molar-refractivity contribution is 0.439. The van der Waals surface area contributed by atoms with Crippen molar-refractivity contribution >= 4 is 0 Å². The number of terminal acetylenes is 1. The first-order chi connectivity index (χ1) is 10.5. The van der Waals surface area contributed by atoms with Crippen molar-refractivity contribution in [3.05, 3.63) is 48.6 Å². The fourth-order valence-electron chi connectivity index (χ4n) is 2.30. The van der Waals surface area contributed by atoms with Crippen molar-refractivity contribution < 1.29 is 0 Å². The second-order valence-electron chi connectivity index (χ2n) is 5.25. The molecule has 2 unspecified atom stereocenters. The zero-order valence-corrected chi connectivity index (χ0v) is 14.5. The van der Waals surface area contributed by atoms with Gasteiger partial charge in [-0.15, -0.1) is 13.0 Å². The van der Waals surface area contributed by atoms with E-state index in [9.17, 15) is 0 Å². The van der Waals surface area contributed by atoms with Crippen molar-refractivity contribution in [2.75, 3.05) is 0 Å². The first-order valence-electron chi connectivity index (χ1n) is 7.50. The van der Waals surface area contributed by atoms with Gasteiger partial charge in [-0.25, -0.2) is 0 Å². The van der Waals surface area contributed by atoms with Crippen molar-refractivity contribution in [2.24, 2.45) is 10.8 Å². The third-order valence-electron chi connectivity index (χ3n) is 3.27. The molecule has 0 radical (unpaired) electrons. The average Bonchev–Trinajstić information content (AvgIpc) is 2.50. The summed E-state index contributed by atoms with van der Waals surface area (Å²) in [6.07, 6.45) is 19.0. The highest BCUT2D eigenvalue weighted by Gasteiger charge is 2.42. The van der Waals surface area contributed by atoms with Gasteiger partial charge in [-0.3, -0.25) is 0 Å². The summed E-state index contributed by atoms with van der Waals surface area (Å²) in [5.41, 5.74) is -0.265. The van der Waals surface area contributed by atoms with E-state index in [0.717, 1.165) is 12.0 Å². The van der Waals surface area contributed by atoms with Gasteiger partial charge in [0.2, 0.25) is 0 Å². The molecule has 0 aliphatic carbocycles. The summed E-state index contributed by atoms with van der Waals surface area (Å²) < 4.78 is 0. The Balaban J connectivity index is 6.66. The number of rotatable bonds is 6. The molecule has 0 N–H and O–H groups in total. The second kappa shape index (κ2) is 9.55. The first kappa shape index (κ1) is 19.6. The van der Waals surface area contributed by atoms with E-state index in [-0.39, 0.29) is 0 Å². The van der Waals surface area contributed by atoms with E-state index in [4.69, 9.17) is 6.42 Å². The smallest absolute Gasteiger partial charge is 0.118 e. The van der Waals surface area contributed by atoms with Crippen LogP contribution >= 0.6 is 0 Å². The molecule has 0 saturated heterocycles. The molecular weight excluding hydrogens is 264 g/mol. The summed E-state index contributed by atoms with van der Waals surface area (Å²) in [4.78, 5) is 0. The van der Waals surface area contributed by atoms with Crippen LogP contribution in [0.1, 0.15) is 41.0 Å². The van der Waals surface area contributed by atoms with Crippen molar-refractivity contribution in [1.29, 1.82) is 0 Å². The van der Waals surface area contributed by atoms with Gasteiger partial charge in [-0.2, -0.15) is 0 Å². The summed E-state index contributed by atoms with van der Waals surface area (Å²) in [7, 11) is 0. The molecule has 0 aromatic heterocycles. The van der Waals surface area contributed by atoms with Crippen LogP contribution in [0.25, 0.3) is 0 Å². The molecule has 0 fully saturated rings. The summed E-state index contributed by atoms with van der Waals surface area (Å²) in [6, 6.07) is 0. The minimum absolute atomic E-state index is 0.563. The second-order valence-corrected chi connectivity index (χ2v) is 5.25. The minimum atomic E-state index is -0.810. The van der Waals surface area contributed by atoms with Gasteiger partial charge in [-0.1, -0.05) is 66.7 Å². The number of allylic oxidation sites excluding steroid dienone is 7. The van der Waals surface area contributed by atoms with E-state index in [1.165, 1.54) is 0 Å². The summed E-state index contributed by atoms with van der Waals surface area (Å²) >= 11 is 0. The Kier molecular flexibility index (Phi) is 8.53. The van der Waals surface area contributed by atoms with Crippen molar-refractivity contribution in [3.63, 3.8) is 0 Å². The Bertz CT molecular complexity index is 621. The van der Waals surface area contributed by atoms with Crippen molar-refractivity contribution in [3.8, 4) is 36.0 Å². The Labute approximate surface area is 137 Å². The Morgan fingerprint density at radius 2 is 1.91 bits per heavy atom. The Morgan fingerprint density at radius 3 is 2.32 bits per heavy atom. The normalized spacial score (nSPS) is 15.5. The zero-order chi connectivity index (χ0) is 17.1. The van der Waals surface area contributed by atoms with Gasteiger partial charge in [0.15, 0.2) is 0 Å². The van der Waals surface area contributed by atoms with E-state index in [1.54, 1.807) is 6.92 Å². The molecule has 22 heavy (non-hydrogen) atoms. The van der Waals surface area contributed by atoms with Crippen molar-refractivity contribution in [2.45, 2.75) is 41.0 Å². The highest BCUT2D eigenvalue weighted by atomic mass is 14.4. The predicted molar refractivity (Wildman–Crippen MR) is 98.8 cm³/mol. The molecule has 0 heterocycles. The third kappa shape index (κ3) is 4.58. The molecule has 0 spiro atoms. The van der Waals surface area contributed by atoms with E-state index in [2.05, 4.69) is 61.3 Å². The highest BCUT2D eigenvalue weighted by molar-refractivity contribution is 5.48. The minimum Gasteiger partial charge on any atom is -0.118 e. The van der Waals surface area contributed by atoms with Crippen LogP contribution in [0.4, 0.5) is 0 Å². The molecule has 0 aliphatic heterocycles. The zero-order valence-electron chi connectivity index (χ0n) is 14.5. The largest absolute Gasteiger partial charge is 0.127 e. The monoisotopic (exact) mass is 290 g/mol. The van der Waals surface area contributed by atoms with Crippen LogP contribution in [0.3, 0.4) is 0 Å². The molecule has 0 aromatic rings. The van der Waals surface area contributed by atoms with Gasteiger partial charge < -0.3 is 0 Å². The van der Waals surface area contributed by atoms with Crippen LogP contribution in [-0.4, -0.2) is 0 Å². The maximum absolute atomic E-state index is 5.94. The van der Waals surface area contributed by atoms with Crippen LogP contribution in [-0.2, 0) is 0 Å². The Morgan fingerprint density at radius 1 is 1.23 bits per heavy atom. The van der Waals surface area contributed by atoms with Crippen LogP contribution in [0.5, 0.6) is 0 Å². The molecule has 114 valence electrons. The fourth-order valence-corrected chi connectivity index (χ4v) is 2.30. The average molecular weight is 290 g/mol. The lowest BCUT2D eigenvalue weighted by Gasteiger charge is -2.37. The van der Waals surface area contributed by atoms with Crippen molar-refractivity contribution in [1.82, 2.24) is 0 Å². The van der Waals surface area contributed by atoms with E-state index < -0.39 is 10.8 Å². The van der Waals surface area contributed by atoms with Gasteiger partial charge in [0.05, 0.1) is 5.41 Å². The van der Waals surface area contributed by atoms with Gasteiger partial charge in [0.1, 0.15) is 5.41 Å². The molecule has 0 aromatic carbocycles. The quantitative estimate of drug-likeness (QED) is 0.459. The predicted octanol–water partition coefficient (Wildman–Crippen LogP) is 5.31. The maximum Gasteiger partial charge on any atom is 0.127 e. The molecule has 0 rings (SSSR count). The standard InChI is InChI=1S/C22H26/c1-8-13-15-18-22(12-5,19-20(6)7)21(11-4,16-10-3)17-14-9-2/h5,10-11,14,16-17,19H,4,9H2,1-3,6-7H3. The van der Waals surface area contributed by atoms with E-state index in [1.807, 2.05) is 39.0 Å². The highest BCUT2D eigenvalue weighted by Crippen LogP contribution is 2.45. The molecule has 2 atom stereocenters. The summed E-state index contributed by atoms with van der Waals surface area (Å²) in [5.74, 6) is 14.6. The maximum atomic E-state index is 5.94. The van der Waals surface area contributed by atoms with Gasteiger partial charge in [0, 0.05) is 0 Å². The Hall–Kier alpha value is -2.36. The lowest BCUT2D eigenvalue weighted by Crippen LogP contribution is -2.34. The van der Waals surface area contributed by atoms with E-state index in [0.29, 0.717) is 0 Å². The van der Waals surface area contributed by atoms with Gasteiger partial charge >= 0.3 is 0 Å². The molecule has 0 aliphatic rings. The molecule has 0 heteroatoms. The van der Waals surface area contributed by atoms with Crippen LogP contribution in [0.2, 0.25) is 0 Å². The molecule has 0 saturated carbocycles. The van der Waals surface area contributed by atoms with Crippen LogP contribution in [0, 0.1) is 46.9 Å². The number of hydrogen-bond donors (Lipinski definition) is 0. The van der Waals surface area contributed by atoms with Crippen LogP contribution in [0.15, 0.2) is 48.6 Å². The van der Waals surface area contributed by atoms with E-state index >= 15 is 0 Å². The topological polar surface area (TPSA) is 0 Å². The van der Waals surface area contributed by atoms with Crippen LogP contribution < -0.4 is 0 Å².